The largest absolute Gasteiger partial charge is 0.497 e. The molecule has 2 heterocycles. The molecule has 2 atom stereocenters. The molecule has 0 amide bonds. The molecule has 0 aromatic heterocycles. The van der Waals surface area contributed by atoms with Crippen molar-refractivity contribution in [2.75, 3.05) is 7.11 Å². The second-order valence-corrected chi connectivity index (χ2v) is 8.57. The average Bonchev–Trinajstić information content (AvgIpc) is 3.29. The Morgan fingerprint density at radius 1 is 0.938 bits per heavy atom. The maximum absolute atomic E-state index is 6.43. The number of nitrogens with zero attached hydrogens (tertiary/aromatic N) is 2. The van der Waals surface area contributed by atoms with Crippen LogP contribution in [0.15, 0.2) is 90.0 Å². The molecule has 0 saturated carbocycles. The summed E-state index contributed by atoms with van der Waals surface area (Å²) >= 11 is 6.35. The minimum absolute atomic E-state index is 0.0611. The molecule has 0 aliphatic carbocycles. The number of halogens is 1. The molecule has 0 radical (unpaired) electrons. The first-order valence-corrected chi connectivity index (χ1v) is 11.0. The maximum atomic E-state index is 6.43. The van der Waals surface area contributed by atoms with E-state index in [1.807, 2.05) is 42.5 Å². The quantitative estimate of drug-likeness (QED) is 0.353. The Balaban J connectivity index is 1.44. The van der Waals surface area contributed by atoms with Gasteiger partial charge in [0.1, 0.15) is 11.5 Å². The van der Waals surface area contributed by atoms with Crippen LogP contribution in [0.3, 0.4) is 0 Å². The molecule has 6 rings (SSSR count). The Labute approximate surface area is 191 Å². The van der Waals surface area contributed by atoms with Crippen molar-refractivity contribution in [1.29, 1.82) is 0 Å². The van der Waals surface area contributed by atoms with Crippen LogP contribution in [0.4, 0.5) is 0 Å². The monoisotopic (exact) mass is 440 g/mol. The summed E-state index contributed by atoms with van der Waals surface area (Å²) in [5, 5.41) is 10.3. The topological polar surface area (TPSA) is 34.1 Å². The number of rotatable bonds is 3. The number of hydrogen-bond acceptors (Lipinski definition) is 4. The van der Waals surface area contributed by atoms with Crippen LogP contribution < -0.4 is 9.47 Å². The lowest BCUT2D eigenvalue weighted by atomic mass is 9.95. The molecule has 0 spiro atoms. The number of fused-ring (bicyclic) bond motifs is 4. The summed E-state index contributed by atoms with van der Waals surface area (Å²) in [6.07, 6.45) is 0.472. The Morgan fingerprint density at radius 3 is 2.56 bits per heavy atom. The second kappa shape index (κ2) is 7.57. The first-order valence-electron chi connectivity index (χ1n) is 10.6. The van der Waals surface area contributed by atoms with Gasteiger partial charge in [0.15, 0.2) is 0 Å². The highest BCUT2D eigenvalue weighted by molar-refractivity contribution is 6.30. The number of benzene rings is 4. The Hall–Kier alpha value is -3.50. The fraction of sp³-hybridized carbons (Fsp3) is 0.148. The third kappa shape index (κ3) is 3.19. The van der Waals surface area contributed by atoms with Crippen molar-refractivity contribution >= 4 is 28.1 Å². The summed E-state index contributed by atoms with van der Waals surface area (Å²) < 4.78 is 11.8. The summed E-state index contributed by atoms with van der Waals surface area (Å²) in [5.41, 5.74) is 4.28. The maximum Gasteiger partial charge on any atom is 0.213 e. The van der Waals surface area contributed by atoms with Crippen LogP contribution in [-0.2, 0) is 0 Å². The molecule has 0 saturated heterocycles. The third-order valence-electron chi connectivity index (χ3n) is 6.24. The van der Waals surface area contributed by atoms with E-state index in [2.05, 4.69) is 47.5 Å². The normalized spacial score (nSPS) is 19.2. The van der Waals surface area contributed by atoms with Crippen LogP contribution in [-0.4, -0.2) is 17.8 Å². The Bertz CT molecular complexity index is 1350. The summed E-state index contributed by atoms with van der Waals surface area (Å²) in [6, 6.07) is 28.8. The van der Waals surface area contributed by atoms with Crippen LogP contribution >= 0.6 is 11.6 Å². The first kappa shape index (κ1) is 19.2. The summed E-state index contributed by atoms with van der Waals surface area (Å²) in [7, 11) is 1.67. The first-order chi connectivity index (χ1) is 15.7. The molecule has 2 unspecified atom stereocenters. The second-order valence-electron chi connectivity index (χ2n) is 8.13. The van der Waals surface area contributed by atoms with E-state index in [0.29, 0.717) is 5.02 Å². The lowest BCUT2D eigenvalue weighted by Gasteiger charge is -2.38. The van der Waals surface area contributed by atoms with E-state index in [-0.39, 0.29) is 12.3 Å². The minimum atomic E-state index is -0.322. The minimum Gasteiger partial charge on any atom is -0.497 e. The van der Waals surface area contributed by atoms with E-state index in [9.17, 15) is 0 Å². The van der Waals surface area contributed by atoms with Gasteiger partial charge in [0, 0.05) is 22.6 Å². The molecular formula is C27H21ClN2O2. The van der Waals surface area contributed by atoms with Gasteiger partial charge in [-0.25, -0.2) is 5.01 Å². The Kier molecular flexibility index (Phi) is 4.54. The predicted octanol–water partition coefficient (Wildman–Crippen LogP) is 6.74. The van der Waals surface area contributed by atoms with Crippen molar-refractivity contribution in [2.45, 2.75) is 18.7 Å². The highest BCUT2D eigenvalue weighted by atomic mass is 35.5. The third-order valence-corrected chi connectivity index (χ3v) is 6.47. The summed E-state index contributed by atoms with van der Waals surface area (Å²) in [6.45, 7) is 0. The lowest BCUT2D eigenvalue weighted by molar-refractivity contribution is -0.0190. The summed E-state index contributed by atoms with van der Waals surface area (Å²) in [5.74, 6) is 1.67. The highest BCUT2D eigenvalue weighted by Crippen LogP contribution is 2.48. The van der Waals surface area contributed by atoms with Crippen molar-refractivity contribution in [1.82, 2.24) is 5.01 Å². The van der Waals surface area contributed by atoms with Gasteiger partial charge in [0.25, 0.3) is 0 Å². The molecule has 32 heavy (non-hydrogen) atoms. The molecule has 0 N–H and O–H groups in total. The molecule has 0 bridgehead atoms. The standard InChI is InChI=1S/C27H21ClN2O2/c1-31-22-11-8-18(9-12-22)27-30-25(23-15-21(28)10-13-26(23)32-27)16-24(29-30)20-7-6-17-4-2-3-5-19(17)14-20/h2-15,25,27H,16H2,1H3. The van der Waals surface area contributed by atoms with E-state index in [4.69, 9.17) is 26.2 Å². The average molecular weight is 441 g/mol. The van der Waals surface area contributed by atoms with Gasteiger partial charge in [-0.1, -0.05) is 48.0 Å². The van der Waals surface area contributed by atoms with Gasteiger partial charge in [-0.15, -0.1) is 0 Å². The van der Waals surface area contributed by atoms with E-state index >= 15 is 0 Å². The van der Waals surface area contributed by atoms with Gasteiger partial charge in [-0.3, -0.25) is 0 Å². The number of hydrogen-bond donors (Lipinski definition) is 0. The zero-order valence-electron chi connectivity index (χ0n) is 17.5. The van der Waals surface area contributed by atoms with E-state index < -0.39 is 0 Å². The SMILES string of the molecule is COc1ccc(C2Oc3ccc(Cl)cc3C3CC(c4ccc5ccccc5c4)=NN32)cc1. The van der Waals surface area contributed by atoms with Crippen molar-refractivity contribution in [3.63, 3.8) is 0 Å². The van der Waals surface area contributed by atoms with Crippen LogP contribution in [0.1, 0.15) is 35.4 Å². The number of ether oxygens (including phenoxy) is 2. The van der Waals surface area contributed by atoms with Crippen molar-refractivity contribution in [2.24, 2.45) is 5.10 Å². The van der Waals surface area contributed by atoms with Crippen LogP contribution in [0, 0.1) is 0 Å². The number of methoxy groups -OCH3 is 1. The van der Waals surface area contributed by atoms with Crippen LogP contribution in [0.25, 0.3) is 10.8 Å². The van der Waals surface area contributed by atoms with Crippen LogP contribution in [0.5, 0.6) is 11.5 Å². The zero-order chi connectivity index (χ0) is 21.7. The van der Waals surface area contributed by atoms with Gasteiger partial charge in [0.2, 0.25) is 6.23 Å². The summed E-state index contributed by atoms with van der Waals surface area (Å²) in [4.78, 5) is 0. The molecule has 2 aliphatic heterocycles. The van der Waals surface area contributed by atoms with Crippen molar-refractivity contribution in [3.8, 4) is 11.5 Å². The predicted molar refractivity (Wildman–Crippen MR) is 127 cm³/mol. The number of hydrazone groups is 1. The van der Waals surface area contributed by atoms with Gasteiger partial charge in [0.05, 0.1) is 18.9 Å². The van der Waals surface area contributed by atoms with E-state index in [0.717, 1.165) is 40.3 Å². The van der Waals surface area contributed by atoms with E-state index in [1.165, 1.54) is 10.8 Å². The molecular weight excluding hydrogens is 420 g/mol. The van der Waals surface area contributed by atoms with Gasteiger partial charge in [-0.2, -0.15) is 5.10 Å². The molecule has 0 fully saturated rings. The molecule has 4 nitrogen and oxygen atoms in total. The highest BCUT2D eigenvalue weighted by Gasteiger charge is 2.41. The van der Waals surface area contributed by atoms with Gasteiger partial charge in [-0.05, 0) is 64.9 Å². The Morgan fingerprint density at radius 2 is 1.75 bits per heavy atom. The van der Waals surface area contributed by atoms with E-state index in [1.54, 1.807) is 7.11 Å². The fourth-order valence-electron chi connectivity index (χ4n) is 4.59. The molecule has 2 aliphatic rings. The van der Waals surface area contributed by atoms with Crippen molar-refractivity contribution < 1.29 is 9.47 Å². The van der Waals surface area contributed by atoms with Gasteiger partial charge >= 0.3 is 0 Å². The zero-order valence-corrected chi connectivity index (χ0v) is 18.3. The van der Waals surface area contributed by atoms with Crippen molar-refractivity contribution in [3.05, 3.63) is 107 Å². The molecule has 4 aromatic rings. The van der Waals surface area contributed by atoms with Gasteiger partial charge < -0.3 is 9.47 Å². The fourth-order valence-corrected chi connectivity index (χ4v) is 4.77. The molecule has 4 aromatic carbocycles. The lowest BCUT2D eigenvalue weighted by Crippen LogP contribution is -2.33. The van der Waals surface area contributed by atoms with Crippen LogP contribution in [0.2, 0.25) is 5.02 Å². The molecule has 5 heteroatoms. The smallest absolute Gasteiger partial charge is 0.213 e. The molecule has 158 valence electrons.